The first kappa shape index (κ1) is 10.2. The van der Waals surface area contributed by atoms with Crippen molar-refractivity contribution >= 4 is 5.78 Å². The normalized spacial score (nSPS) is 9.81. The van der Waals surface area contributed by atoms with Crippen LogP contribution in [0.5, 0.6) is 5.88 Å². The summed E-state index contributed by atoms with van der Waals surface area (Å²) in [7, 11) is 1.44. The van der Waals surface area contributed by atoms with Gasteiger partial charge in [-0.15, -0.1) is 0 Å². The average molecular weight is 216 g/mol. The standard InChI is InChI=1S/C10H8N4O2/c1-16-10-8(11-4-5-12-10)9(15)7-2-3-13-14-6-7/h2-6H,1H3. The summed E-state index contributed by atoms with van der Waals surface area (Å²) in [5.74, 6) is -0.0934. The minimum absolute atomic E-state index is 0.165. The summed E-state index contributed by atoms with van der Waals surface area (Å²) in [5, 5.41) is 7.22. The van der Waals surface area contributed by atoms with E-state index in [-0.39, 0.29) is 17.4 Å². The topological polar surface area (TPSA) is 77.9 Å². The summed E-state index contributed by atoms with van der Waals surface area (Å²) in [4.78, 5) is 19.8. The molecule has 2 aromatic rings. The maximum Gasteiger partial charge on any atom is 0.243 e. The molecule has 0 unspecified atom stereocenters. The van der Waals surface area contributed by atoms with Crippen LogP contribution >= 0.6 is 0 Å². The Labute approximate surface area is 91.3 Å². The van der Waals surface area contributed by atoms with Gasteiger partial charge in [0.05, 0.1) is 19.5 Å². The molecular weight excluding hydrogens is 208 g/mol. The van der Waals surface area contributed by atoms with Crippen molar-refractivity contribution in [1.29, 1.82) is 0 Å². The largest absolute Gasteiger partial charge is 0.479 e. The van der Waals surface area contributed by atoms with E-state index in [9.17, 15) is 4.79 Å². The van der Waals surface area contributed by atoms with E-state index in [1.54, 1.807) is 6.07 Å². The van der Waals surface area contributed by atoms with Crippen molar-refractivity contribution in [2.24, 2.45) is 0 Å². The third-order valence-electron chi connectivity index (χ3n) is 1.92. The molecule has 0 atom stereocenters. The van der Waals surface area contributed by atoms with Crippen LogP contribution in [0.4, 0.5) is 0 Å². The molecule has 0 radical (unpaired) electrons. The molecular formula is C10H8N4O2. The van der Waals surface area contributed by atoms with Gasteiger partial charge in [0.2, 0.25) is 11.7 Å². The number of carbonyl (C=O) groups is 1. The SMILES string of the molecule is COc1nccnc1C(=O)c1ccnnc1. The summed E-state index contributed by atoms with van der Waals surface area (Å²) in [5.41, 5.74) is 0.562. The smallest absolute Gasteiger partial charge is 0.243 e. The Morgan fingerprint density at radius 1 is 1.19 bits per heavy atom. The quantitative estimate of drug-likeness (QED) is 0.695. The molecule has 0 fully saturated rings. The van der Waals surface area contributed by atoms with Crippen LogP contribution in [-0.4, -0.2) is 33.1 Å². The number of rotatable bonds is 3. The third kappa shape index (κ3) is 1.85. The van der Waals surface area contributed by atoms with Gasteiger partial charge in [0, 0.05) is 18.0 Å². The highest BCUT2D eigenvalue weighted by Gasteiger charge is 2.16. The van der Waals surface area contributed by atoms with Gasteiger partial charge < -0.3 is 4.74 Å². The minimum atomic E-state index is -0.292. The highest BCUT2D eigenvalue weighted by atomic mass is 16.5. The lowest BCUT2D eigenvalue weighted by Crippen LogP contribution is -2.08. The number of hydrogen-bond donors (Lipinski definition) is 0. The van der Waals surface area contributed by atoms with Gasteiger partial charge in [-0.2, -0.15) is 10.2 Å². The van der Waals surface area contributed by atoms with E-state index in [4.69, 9.17) is 4.74 Å². The van der Waals surface area contributed by atoms with Gasteiger partial charge in [-0.25, -0.2) is 9.97 Å². The summed E-state index contributed by atoms with van der Waals surface area (Å²) in [6.07, 6.45) is 5.71. The van der Waals surface area contributed by atoms with Crippen LogP contribution in [0.25, 0.3) is 0 Å². The molecule has 6 heteroatoms. The lowest BCUT2D eigenvalue weighted by molar-refractivity contribution is 0.103. The van der Waals surface area contributed by atoms with Crippen LogP contribution in [0.3, 0.4) is 0 Å². The molecule has 0 saturated carbocycles. The highest BCUT2D eigenvalue weighted by Crippen LogP contribution is 2.14. The molecule has 0 bridgehead atoms. The Balaban J connectivity index is 2.42. The van der Waals surface area contributed by atoms with Crippen molar-refractivity contribution < 1.29 is 9.53 Å². The fraction of sp³-hybridized carbons (Fsp3) is 0.100. The molecule has 0 aromatic carbocycles. The second-order valence-corrected chi connectivity index (χ2v) is 2.87. The number of hydrogen-bond acceptors (Lipinski definition) is 6. The van der Waals surface area contributed by atoms with Gasteiger partial charge >= 0.3 is 0 Å². The average Bonchev–Trinajstić information content (AvgIpc) is 2.39. The number of ketones is 1. The summed E-state index contributed by atoms with van der Waals surface area (Å²) < 4.78 is 4.96. The predicted molar refractivity (Wildman–Crippen MR) is 54.0 cm³/mol. The number of methoxy groups -OCH3 is 1. The number of carbonyl (C=O) groups excluding carboxylic acids is 1. The maximum atomic E-state index is 12.0. The zero-order chi connectivity index (χ0) is 11.4. The molecule has 0 saturated heterocycles. The van der Waals surface area contributed by atoms with Crippen molar-refractivity contribution in [1.82, 2.24) is 20.2 Å². The Morgan fingerprint density at radius 3 is 2.69 bits per heavy atom. The van der Waals surface area contributed by atoms with E-state index in [0.29, 0.717) is 5.56 Å². The monoisotopic (exact) mass is 216 g/mol. The van der Waals surface area contributed by atoms with Crippen LogP contribution in [0.15, 0.2) is 30.9 Å². The van der Waals surface area contributed by atoms with Crippen LogP contribution in [0.1, 0.15) is 16.1 Å². The second kappa shape index (κ2) is 4.43. The second-order valence-electron chi connectivity index (χ2n) is 2.87. The Kier molecular flexibility index (Phi) is 2.81. The third-order valence-corrected chi connectivity index (χ3v) is 1.92. The van der Waals surface area contributed by atoms with Crippen LogP contribution < -0.4 is 4.74 Å². The van der Waals surface area contributed by atoms with Crippen molar-refractivity contribution in [3.63, 3.8) is 0 Å². The van der Waals surface area contributed by atoms with Crippen molar-refractivity contribution in [2.75, 3.05) is 7.11 Å². The number of ether oxygens (including phenoxy) is 1. The molecule has 2 rings (SSSR count). The molecule has 0 spiro atoms. The molecule has 6 nitrogen and oxygen atoms in total. The molecule has 0 N–H and O–H groups in total. The van der Waals surface area contributed by atoms with Gasteiger partial charge in [-0.1, -0.05) is 0 Å². The first-order valence-electron chi connectivity index (χ1n) is 4.49. The van der Waals surface area contributed by atoms with Crippen molar-refractivity contribution in [3.05, 3.63) is 42.1 Å². The van der Waals surface area contributed by atoms with E-state index >= 15 is 0 Å². The van der Waals surface area contributed by atoms with Crippen molar-refractivity contribution in [2.45, 2.75) is 0 Å². The Bertz CT molecular complexity index is 501. The van der Waals surface area contributed by atoms with E-state index in [0.717, 1.165) is 0 Å². The molecule has 0 aliphatic heterocycles. The van der Waals surface area contributed by atoms with E-state index in [1.807, 2.05) is 0 Å². The zero-order valence-corrected chi connectivity index (χ0v) is 8.49. The van der Waals surface area contributed by atoms with Crippen LogP contribution in [0, 0.1) is 0 Å². The first-order chi connectivity index (χ1) is 7.83. The zero-order valence-electron chi connectivity index (χ0n) is 8.49. The molecule has 0 aliphatic rings. The van der Waals surface area contributed by atoms with Crippen LogP contribution in [0.2, 0.25) is 0 Å². The predicted octanol–water partition coefficient (Wildman–Crippen LogP) is 0.506. The molecule has 2 heterocycles. The van der Waals surface area contributed by atoms with E-state index < -0.39 is 0 Å². The number of aromatic nitrogens is 4. The van der Waals surface area contributed by atoms with Gasteiger partial charge in [0.1, 0.15) is 0 Å². The molecule has 16 heavy (non-hydrogen) atoms. The number of nitrogens with zero attached hydrogens (tertiary/aromatic N) is 4. The molecule has 80 valence electrons. The lowest BCUT2D eigenvalue weighted by atomic mass is 10.1. The Morgan fingerprint density at radius 2 is 2.00 bits per heavy atom. The fourth-order valence-corrected chi connectivity index (χ4v) is 1.19. The highest BCUT2D eigenvalue weighted by molar-refractivity contribution is 6.08. The van der Waals surface area contributed by atoms with E-state index in [2.05, 4.69) is 20.2 Å². The van der Waals surface area contributed by atoms with Gasteiger partial charge in [-0.05, 0) is 6.07 Å². The van der Waals surface area contributed by atoms with Crippen LogP contribution in [-0.2, 0) is 0 Å². The van der Waals surface area contributed by atoms with Gasteiger partial charge in [0.15, 0.2) is 5.69 Å². The summed E-state index contributed by atoms with van der Waals surface area (Å²) >= 11 is 0. The van der Waals surface area contributed by atoms with Gasteiger partial charge in [-0.3, -0.25) is 4.79 Å². The Hall–Kier alpha value is -2.37. The minimum Gasteiger partial charge on any atom is -0.479 e. The molecule has 0 amide bonds. The molecule has 0 aliphatic carbocycles. The lowest BCUT2D eigenvalue weighted by Gasteiger charge is -2.03. The van der Waals surface area contributed by atoms with Gasteiger partial charge in [0.25, 0.3) is 0 Å². The molecule has 2 aromatic heterocycles. The van der Waals surface area contributed by atoms with Crippen molar-refractivity contribution in [3.8, 4) is 5.88 Å². The first-order valence-corrected chi connectivity index (χ1v) is 4.49. The summed E-state index contributed by atoms with van der Waals surface area (Å²) in [6.45, 7) is 0. The summed E-state index contributed by atoms with van der Waals surface area (Å²) in [6, 6.07) is 1.56. The maximum absolute atomic E-state index is 12.0. The van der Waals surface area contributed by atoms with E-state index in [1.165, 1.54) is 31.9 Å². The fourth-order valence-electron chi connectivity index (χ4n) is 1.19.